The summed E-state index contributed by atoms with van der Waals surface area (Å²) in [6.07, 6.45) is 3.93. The third-order valence-corrected chi connectivity index (χ3v) is 4.19. The Balaban J connectivity index is 1.90. The largest absolute Gasteiger partial charge is 0.310 e. The van der Waals surface area contributed by atoms with Crippen molar-refractivity contribution in [3.05, 3.63) is 59.5 Å². The minimum atomic E-state index is -0.753. The maximum absolute atomic E-state index is 14.1. The van der Waals surface area contributed by atoms with Crippen molar-refractivity contribution < 1.29 is 9.18 Å². The maximum atomic E-state index is 14.1. The molecule has 3 nitrogen and oxygen atoms in total. The first-order valence-corrected chi connectivity index (χ1v) is 7.11. The Morgan fingerprint density at radius 1 is 1.29 bits per heavy atom. The first-order valence-electron chi connectivity index (χ1n) is 7.11. The first-order chi connectivity index (χ1) is 10.1. The molecule has 1 saturated carbocycles. The third-order valence-electron chi connectivity index (χ3n) is 4.19. The molecule has 0 aliphatic heterocycles. The van der Waals surface area contributed by atoms with Gasteiger partial charge in [-0.1, -0.05) is 24.6 Å². The summed E-state index contributed by atoms with van der Waals surface area (Å²) in [5, 5.41) is 2.83. The van der Waals surface area contributed by atoms with Gasteiger partial charge in [-0.15, -0.1) is 0 Å². The highest BCUT2D eigenvalue weighted by Crippen LogP contribution is 2.45. The molecule has 4 heteroatoms. The van der Waals surface area contributed by atoms with Crippen molar-refractivity contribution in [2.45, 2.75) is 31.6 Å². The van der Waals surface area contributed by atoms with Crippen molar-refractivity contribution in [1.82, 2.24) is 4.98 Å². The average molecular weight is 284 g/mol. The van der Waals surface area contributed by atoms with E-state index in [0.717, 1.165) is 12.0 Å². The molecule has 2 aromatic rings. The van der Waals surface area contributed by atoms with Crippen LogP contribution in [0.3, 0.4) is 0 Å². The van der Waals surface area contributed by atoms with Gasteiger partial charge in [-0.3, -0.25) is 4.79 Å². The summed E-state index contributed by atoms with van der Waals surface area (Å²) in [4.78, 5) is 16.8. The molecule has 1 fully saturated rings. The molecular weight excluding hydrogens is 267 g/mol. The molecule has 0 unspecified atom stereocenters. The summed E-state index contributed by atoms with van der Waals surface area (Å²) in [6, 6.07) is 10.2. The molecule has 21 heavy (non-hydrogen) atoms. The highest BCUT2D eigenvalue weighted by atomic mass is 19.1. The van der Waals surface area contributed by atoms with E-state index in [1.807, 2.05) is 19.1 Å². The lowest BCUT2D eigenvalue weighted by Gasteiger charge is -2.40. The number of aryl methyl sites for hydroxylation is 1. The minimum absolute atomic E-state index is 0.169. The number of nitrogens with zero attached hydrogens (tertiary/aromatic N) is 1. The van der Waals surface area contributed by atoms with E-state index in [2.05, 4.69) is 10.3 Å². The number of carbonyl (C=O) groups excluding carboxylic acids is 1. The van der Waals surface area contributed by atoms with E-state index >= 15 is 0 Å². The van der Waals surface area contributed by atoms with Crippen LogP contribution in [-0.2, 0) is 10.2 Å². The summed E-state index contributed by atoms with van der Waals surface area (Å²) in [6.45, 7) is 1.94. The van der Waals surface area contributed by atoms with Crippen LogP contribution in [0.25, 0.3) is 0 Å². The molecule has 0 atom stereocenters. The Hall–Kier alpha value is -2.23. The number of hydrogen-bond acceptors (Lipinski definition) is 2. The van der Waals surface area contributed by atoms with Crippen molar-refractivity contribution in [2.75, 3.05) is 5.32 Å². The molecule has 1 N–H and O–H groups in total. The number of benzene rings is 1. The van der Waals surface area contributed by atoms with Gasteiger partial charge in [0.1, 0.15) is 11.6 Å². The van der Waals surface area contributed by atoms with Gasteiger partial charge in [0.05, 0.1) is 5.41 Å². The van der Waals surface area contributed by atoms with Crippen molar-refractivity contribution >= 4 is 11.7 Å². The fourth-order valence-corrected chi connectivity index (χ4v) is 2.84. The Kier molecular flexibility index (Phi) is 3.45. The van der Waals surface area contributed by atoms with Crippen LogP contribution in [0.1, 0.15) is 30.4 Å². The Morgan fingerprint density at radius 2 is 2.05 bits per heavy atom. The van der Waals surface area contributed by atoms with Gasteiger partial charge >= 0.3 is 0 Å². The standard InChI is InChI=1S/C17H17FN2O/c1-12-7-10-19-15(11-12)20-16(21)17(8-4-9-17)13-5-2-3-6-14(13)18/h2-3,5-7,10-11H,4,8-9H2,1H3,(H,19,20,21). The van der Waals surface area contributed by atoms with Crippen LogP contribution in [0.5, 0.6) is 0 Å². The van der Waals surface area contributed by atoms with Crippen LogP contribution in [-0.4, -0.2) is 10.9 Å². The van der Waals surface area contributed by atoms with E-state index < -0.39 is 5.41 Å². The molecule has 1 amide bonds. The van der Waals surface area contributed by atoms with Gasteiger partial charge in [0.2, 0.25) is 5.91 Å². The molecule has 0 radical (unpaired) electrons. The molecule has 1 aliphatic carbocycles. The quantitative estimate of drug-likeness (QED) is 0.936. The monoisotopic (exact) mass is 284 g/mol. The molecule has 3 rings (SSSR count). The van der Waals surface area contributed by atoms with Gasteiger partial charge in [-0.2, -0.15) is 0 Å². The van der Waals surface area contributed by atoms with Gasteiger partial charge in [0, 0.05) is 11.8 Å². The second kappa shape index (κ2) is 5.28. The second-order valence-electron chi connectivity index (χ2n) is 5.59. The zero-order valence-corrected chi connectivity index (χ0v) is 11.9. The number of rotatable bonds is 3. The highest BCUT2D eigenvalue weighted by Gasteiger charge is 2.47. The van der Waals surface area contributed by atoms with E-state index in [-0.39, 0.29) is 11.7 Å². The Labute approximate surface area is 123 Å². The zero-order valence-electron chi connectivity index (χ0n) is 11.9. The van der Waals surface area contributed by atoms with E-state index in [4.69, 9.17) is 0 Å². The van der Waals surface area contributed by atoms with Crippen LogP contribution in [0.2, 0.25) is 0 Å². The molecule has 1 aromatic heterocycles. The van der Waals surface area contributed by atoms with Crippen LogP contribution in [0, 0.1) is 12.7 Å². The van der Waals surface area contributed by atoms with Crippen molar-refractivity contribution in [3.63, 3.8) is 0 Å². The summed E-state index contributed by atoms with van der Waals surface area (Å²) < 4.78 is 14.1. The van der Waals surface area contributed by atoms with Crippen LogP contribution >= 0.6 is 0 Å². The van der Waals surface area contributed by atoms with Crippen LogP contribution in [0.4, 0.5) is 10.2 Å². The van der Waals surface area contributed by atoms with Gasteiger partial charge in [-0.25, -0.2) is 9.37 Å². The number of amides is 1. The predicted molar refractivity (Wildman–Crippen MR) is 79.5 cm³/mol. The lowest BCUT2D eigenvalue weighted by atomic mass is 9.63. The molecule has 1 heterocycles. The summed E-state index contributed by atoms with van der Waals surface area (Å²) >= 11 is 0. The van der Waals surface area contributed by atoms with Crippen LogP contribution in [0.15, 0.2) is 42.6 Å². The number of aromatic nitrogens is 1. The van der Waals surface area contributed by atoms with Gasteiger partial charge in [-0.05, 0) is 43.5 Å². The number of anilines is 1. The van der Waals surface area contributed by atoms with Crippen molar-refractivity contribution in [2.24, 2.45) is 0 Å². The molecule has 1 aliphatic rings. The highest BCUT2D eigenvalue weighted by molar-refractivity contribution is 5.99. The fourth-order valence-electron chi connectivity index (χ4n) is 2.84. The topological polar surface area (TPSA) is 42.0 Å². The smallest absolute Gasteiger partial charge is 0.236 e. The predicted octanol–water partition coefficient (Wildman–Crippen LogP) is 3.59. The van der Waals surface area contributed by atoms with Crippen molar-refractivity contribution in [1.29, 1.82) is 0 Å². The number of pyridine rings is 1. The van der Waals surface area contributed by atoms with E-state index in [0.29, 0.717) is 24.2 Å². The normalized spacial score (nSPS) is 16.1. The number of halogens is 1. The van der Waals surface area contributed by atoms with E-state index in [9.17, 15) is 9.18 Å². The SMILES string of the molecule is Cc1ccnc(NC(=O)C2(c3ccccc3F)CCC2)c1. The Morgan fingerprint density at radius 3 is 2.67 bits per heavy atom. The van der Waals surface area contributed by atoms with Gasteiger partial charge in [0.15, 0.2) is 0 Å². The molecule has 0 bridgehead atoms. The summed E-state index contributed by atoms with van der Waals surface area (Å²) in [7, 11) is 0. The fraction of sp³-hybridized carbons (Fsp3) is 0.294. The summed E-state index contributed by atoms with van der Waals surface area (Å²) in [5.74, 6) is 0.0316. The van der Waals surface area contributed by atoms with Crippen LogP contribution < -0.4 is 5.32 Å². The lowest BCUT2D eigenvalue weighted by Crippen LogP contribution is -2.46. The van der Waals surface area contributed by atoms with Gasteiger partial charge < -0.3 is 5.32 Å². The molecular formula is C17H17FN2O. The van der Waals surface area contributed by atoms with Gasteiger partial charge in [0.25, 0.3) is 0 Å². The average Bonchev–Trinajstić information content (AvgIpc) is 2.39. The second-order valence-corrected chi connectivity index (χ2v) is 5.59. The maximum Gasteiger partial charge on any atom is 0.236 e. The number of hydrogen-bond donors (Lipinski definition) is 1. The molecule has 108 valence electrons. The zero-order chi connectivity index (χ0) is 14.9. The number of nitrogens with one attached hydrogen (secondary N) is 1. The lowest BCUT2D eigenvalue weighted by molar-refractivity contribution is -0.124. The molecule has 0 spiro atoms. The molecule has 0 saturated heterocycles. The van der Waals surface area contributed by atoms with Crippen molar-refractivity contribution in [3.8, 4) is 0 Å². The van der Waals surface area contributed by atoms with E-state index in [1.54, 1.807) is 24.4 Å². The van der Waals surface area contributed by atoms with E-state index in [1.165, 1.54) is 6.07 Å². The summed E-state index contributed by atoms with van der Waals surface area (Å²) in [5.41, 5.74) is 0.756. The minimum Gasteiger partial charge on any atom is -0.310 e. The number of carbonyl (C=O) groups is 1. The molecule has 1 aromatic carbocycles. The first kappa shape index (κ1) is 13.7. The Bertz CT molecular complexity index is 680. The third kappa shape index (κ3) is 2.42.